The molecule has 1 aliphatic heterocycles. The van der Waals surface area contributed by atoms with Crippen LogP contribution in [0.5, 0.6) is 0 Å². The van der Waals surface area contributed by atoms with Gasteiger partial charge in [-0.25, -0.2) is 14.6 Å². The minimum atomic E-state index is -1.17. The summed E-state index contributed by atoms with van der Waals surface area (Å²) in [7, 11) is 0. The van der Waals surface area contributed by atoms with Crippen LogP contribution in [0.25, 0.3) is 0 Å². The van der Waals surface area contributed by atoms with Crippen LogP contribution in [0.1, 0.15) is 33.6 Å². The fourth-order valence-electron chi connectivity index (χ4n) is 0.970. The van der Waals surface area contributed by atoms with Gasteiger partial charge in [0, 0.05) is 0 Å². The number of hydrogen-bond acceptors (Lipinski definition) is 3. The molecule has 1 N–H and O–H groups in total. The van der Waals surface area contributed by atoms with Gasteiger partial charge in [0.05, 0.1) is 5.60 Å². The first kappa shape index (κ1) is 9.48. The molecule has 0 spiro atoms. The van der Waals surface area contributed by atoms with Crippen molar-refractivity contribution < 1.29 is 19.7 Å². The monoisotopic (exact) mass is 174 g/mol. The number of aliphatic carboxylic acids is 1. The standard InChI is InChI=1S/C8H14O4/c1-7(2)4-5-8(3,6(9)10)12-11-7/h4-5H2,1-3H3,(H,9,10). The SMILES string of the molecule is CC1(C)CCC(C)(C(=O)O)OO1. The molecule has 0 amide bonds. The number of rotatable bonds is 1. The Kier molecular flexibility index (Phi) is 2.14. The summed E-state index contributed by atoms with van der Waals surface area (Å²) in [4.78, 5) is 20.5. The van der Waals surface area contributed by atoms with Crippen LogP contribution in [0, 0.1) is 0 Å². The van der Waals surface area contributed by atoms with E-state index in [1.54, 1.807) is 0 Å². The molecule has 4 heteroatoms. The van der Waals surface area contributed by atoms with Crippen molar-refractivity contribution in [2.45, 2.75) is 44.8 Å². The van der Waals surface area contributed by atoms with E-state index in [9.17, 15) is 4.79 Å². The van der Waals surface area contributed by atoms with Crippen LogP contribution >= 0.6 is 0 Å². The molecule has 1 aliphatic rings. The van der Waals surface area contributed by atoms with E-state index in [4.69, 9.17) is 14.9 Å². The van der Waals surface area contributed by atoms with Crippen molar-refractivity contribution in [1.82, 2.24) is 0 Å². The van der Waals surface area contributed by atoms with E-state index in [2.05, 4.69) is 0 Å². The lowest BCUT2D eigenvalue weighted by atomic mass is 9.92. The number of carboxylic acid groups (broad SMARTS) is 1. The van der Waals surface area contributed by atoms with E-state index in [0.29, 0.717) is 12.8 Å². The largest absolute Gasteiger partial charge is 0.479 e. The lowest BCUT2D eigenvalue weighted by Gasteiger charge is -2.36. The summed E-state index contributed by atoms with van der Waals surface area (Å²) >= 11 is 0. The summed E-state index contributed by atoms with van der Waals surface area (Å²) in [5.41, 5.74) is -1.54. The molecule has 0 aromatic rings. The summed E-state index contributed by atoms with van der Waals surface area (Å²) in [6.45, 7) is 5.26. The number of carbonyl (C=O) groups is 1. The maximum atomic E-state index is 10.7. The number of carboxylic acids is 1. The molecule has 1 atom stereocenters. The predicted molar refractivity (Wildman–Crippen MR) is 41.5 cm³/mol. The highest BCUT2D eigenvalue weighted by atomic mass is 17.2. The topological polar surface area (TPSA) is 55.8 Å². The molecule has 1 rings (SSSR count). The van der Waals surface area contributed by atoms with Crippen LogP contribution in [-0.4, -0.2) is 22.3 Å². The maximum Gasteiger partial charge on any atom is 0.339 e. The smallest absolute Gasteiger partial charge is 0.339 e. The number of hydrogen-bond donors (Lipinski definition) is 1. The molecule has 0 aromatic carbocycles. The Morgan fingerprint density at radius 2 is 1.83 bits per heavy atom. The fraction of sp³-hybridized carbons (Fsp3) is 0.875. The second kappa shape index (κ2) is 2.71. The third-order valence-electron chi connectivity index (χ3n) is 2.11. The molecule has 1 unspecified atom stereocenters. The van der Waals surface area contributed by atoms with E-state index in [-0.39, 0.29) is 5.60 Å². The van der Waals surface area contributed by atoms with Gasteiger partial charge < -0.3 is 5.11 Å². The van der Waals surface area contributed by atoms with Crippen molar-refractivity contribution >= 4 is 5.97 Å². The maximum absolute atomic E-state index is 10.7. The predicted octanol–water partition coefficient (Wildman–Crippen LogP) is 1.35. The Labute approximate surface area is 71.4 Å². The molecule has 1 saturated heterocycles. The molecule has 0 saturated carbocycles. The first-order valence-electron chi connectivity index (χ1n) is 3.96. The van der Waals surface area contributed by atoms with Gasteiger partial charge in [-0.1, -0.05) is 0 Å². The van der Waals surface area contributed by atoms with Gasteiger partial charge in [-0.05, 0) is 33.6 Å². The normalized spacial score (nSPS) is 34.6. The van der Waals surface area contributed by atoms with Crippen molar-refractivity contribution in [2.75, 3.05) is 0 Å². The Morgan fingerprint density at radius 3 is 2.17 bits per heavy atom. The van der Waals surface area contributed by atoms with Crippen LogP contribution in [-0.2, 0) is 14.6 Å². The van der Waals surface area contributed by atoms with Crippen molar-refractivity contribution in [3.63, 3.8) is 0 Å². The summed E-state index contributed by atoms with van der Waals surface area (Å²) in [5.74, 6) is -0.974. The lowest BCUT2D eigenvalue weighted by Crippen LogP contribution is -2.47. The second-order valence-electron chi connectivity index (χ2n) is 3.96. The lowest BCUT2D eigenvalue weighted by molar-refractivity contribution is -0.421. The van der Waals surface area contributed by atoms with E-state index in [1.807, 2.05) is 13.8 Å². The van der Waals surface area contributed by atoms with Crippen molar-refractivity contribution in [2.24, 2.45) is 0 Å². The molecule has 0 aliphatic carbocycles. The Morgan fingerprint density at radius 1 is 1.25 bits per heavy atom. The fourth-order valence-corrected chi connectivity index (χ4v) is 0.970. The van der Waals surface area contributed by atoms with E-state index >= 15 is 0 Å². The Bertz CT molecular complexity index is 187. The van der Waals surface area contributed by atoms with Gasteiger partial charge in [0.15, 0.2) is 5.60 Å². The molecule has 0 aromatic heterocycles. The zero-order valence-electron chi connectivity index (χ0n) is 7.59. The molecular weight excluding hydrogens is 160 g/mol. The minimum absolute atomic E-state index is 0.366. The van der Waals surface area contributed by atoms with Crippen molar-refractivity contribution in [3.8, 4) is 0 Å². The van der Waals surface area contributed by atoms with E-state index < -0.39 is 11.6 Å². The van der Waals surface area contributed by atoms with Crippen LogP contribution in [0.3, 0.4) is 0 Å². The van der Waals surface area contributed by atoms with Crippen LogP contribution in [0.15, 0.2) is 0 Å². The molecule has 0 bridgehead atoms. The summed E-state index contributed by atoms with van der Waals surface area (Å²) in [5, 5.41) is 8.76. The van der Waals surface area contributed by atoms with Gasteiger partial charge in [-0.3, -0.25) is 0 Å². The van der Waals surface area contributed by atoms with Gasteiger partial charge in [0.25, 0.3) is 0 Å². The van der Waals surface area contributed by atoms with Gasteiger partial charge in [0.2, 0.25) is 0 Å². The van der Waals surface area contributed by atoms with Crippen LogP contribution in [0.4, 0.5) is 0 Å². The van der Waals surface area contributed by atoms with Gasteiger partial charge in [-0.2, -0.15) is 0 Å². The highest BCUT2D eigenvalue weighted by Gasteiger charge is 2.43. The third kappa shape index (κ3) is 1.76. The highest BCUT2D eigenvalue weighted by Crippen LogP contribution is 2.32. The quantitative estimate of drug-likeness (QED) is 0.609. The zero-order valence-corrected chi connectivity index (χ0v) is 7.59. The first-order chi connectivity index (χ1) is 5.36. The van der Waals surface area contributed by atoms with E-state index in [1.165, 1.54) is 6.92 Å². The molecule has 4 nitrogen and oxygen atoms in total. The van der Waals surface area contributed by atoms with Gasteiger partial charge in [-0.15, -0.1) is 0 Å². The second-order valence-corrected chi connectivity index (χ2v) is 3.96. The van der Waals surface area contributed by atoms with E-state index in [0.717, 1.165) is 0 Å². The first-order valence-corrected chi connectivity index (χ1v) is 3.96. The Balaban J connectivity index is 2.62. The minimum Gasteiger partial charge on any atom is -0.479 e. The van der Waals surface area contributed by atoms with Crippen molar-refractivity contribution in [3.05, 3.63) is 0 Å². The molecular formula is C8H14O4. The third-order valence-corrected chi connectivity index (χ3v) is 2.11. The van der Waals surface area contributed by atoms with Crippen LogP contribution < -0.4 is 0 Å². The highest BCUT2D eigenvalue weighted by molar-refractivity contribution is 5.76. The van der Waals surface area contributed by atoms with Gasteiger partial charge >= 0.3 is 5.97 Å². The molecule has 1 heterocycles. The molecule has 0 radical (unpaired) electrons. The average molecular weight is 174 g/mol. The Hall–Kier alpha value is -0.610. The average Bonchev–Trinajstić information content (AvgIpc) is 1.96. The summed E-state index contributed by atoms with van der Waals surface area (Å²) in [6, 6.07) is 0. The molecule has 1 fully saturated rings. The van der Waals surface area contributed by atoms with Crippen LogP contribution in [0.2, 0.25) is 0 Å². The summed E-state index contributed by atoms with van der Waals surface area (Å²) < 4.78 is 0. The molecule has 12 heavy (non-hydrogen) atoms. The van der Waals surface area contributed by atoms with Gasteiger partial charge in [0.1, 0.15) is 0 Å². The molecule has 70 valence electrons. The zero-order chi connectivity index (χ0) is 9.41. The van der Waals surface area contributed by atoms with Crippen molar-refractivity contribution in [1.29, 1.82) is 0 Å². The summed E-state index contributed by atoms with van der Waals surface area (Å²) in [6.07, 6.45) is 1.17.